The van der Waals surface area contributed by atoms with E-state index in [1.807, 2.05) is 0 Å². The topological polar surface area (TPSA) is 91.5 Å². The van der Waals surface area contributed by atoms with Crippen molar-refractivity contribution in [2.24, 2.45) is 4.99 Å². The van der Waals surface area contributed by atoms with Crippen molar-refractivity contribution < 1.29 is 24.8 Å². The summed E-state index contributed by atoms with van der Waals surface area (Å²) in [5.41, 5.74) is -0.717. The van der Waals surface area contributed by atoms with Gasteiger partial charge in [-0.15, -0.1) is 0 Å². The summed E-state index contributed by atoms with van der Waals surface area (Å²) in [6, 6.07) is 0. The van der Waals surface area contributed by atoms with Crippen LogP contribution in [-0.2, 0) is 9.47 Å². The number of aliphatic hydroxyl groups is 3. The van der Waals surface area contributed by atoms with Crippen LogP contribution in [0.3, 0.4) is 0 Å². The van der Waals surface area contributed by atoms with Crippen molar-refractivity contribution >= 4 is 5.71 Å². The fourth-order valence-corrected chi connectivity index (χ4v) is 3.86. The van der Waals surface area contributed by atoms with Crippen molar-refractivity contribution in [1.82, 2.24) is 0 Å². The first kappa shape index (κ1) is 27.2. The van der Waals surface area contributed by atoms with E-state index in [9.17, 15) is 15.3 Å². The molecule has 1 heterocycles. The molecule has 3 unspecified atom stereocenters. The van der Waals surface area contributed by atoms with E-state index < -0.39 is 18.0 Å². The van der Waals surface area contributed by atoms with E-state index in [-0.39, 0.29) is 6.61 Å². The van der Waals surface area contributed by atoms with Gasteiger partial charge in [0, 0.05) is 30.7 Å². The van der Waals surface area contributed by atoms with Crippen LogP contribution >= 0.6 is 0 Å². The van der Waals surface area contributed by atoms with Gasteiger partial charge in [0.15, 0.2) is 11.9 Å². The van der Waals surface area contributed by atoms with Crippen LogP contribution in [-0.4, -0.2) is 58.8 Å². The highest BCUT2D eigenvalue weighted by molar-refractivity contribution is 5.89. The lowest BCUT2D eigenvalue weighted by atomic mass is 9.83. The van der Waals surface area contributed by atoms with E-state index in [4.69, 9.17) is 9.47 Å². The summed E-state index contributed by atoms with van der Waals surface area (Å²) in [4.78, 5) is 4.16. The SMILES string of the molecule is CCCCCCCCOC(O)C1(OCCCCCCCC)C(CO)=CN=C(C)C1O. The molecule has 6 heteroatoms. The molecule has 0 amide bonds. The molecule has 0 aromatic rings. The van der Waals surface area contributed by atoms with E-state index in [1.165, 1.54) is 44.7 Å². The molecular formula is C24H45NO5. The van der Waals surface area contributed by atoms with Crippen molar-refractivity contribution in [3.8, 4) is 0 Å². The second-order valence-corrected chi connectivity index (χ2v) is 8.39. The van der Waals surface area contributed by atoms with Gasteiger partial charge in [-0.25, -0.2) is 0 Å². The van der Waals surface area contributed by atoms with E-state index in [0.29, 0.717) is 24.5 Å². The number of hydrogen-bond donors (Lipinski definition) is 3. The molecule has 0 saturated carbocycles. The standard InChI is InChI=1S/C24H45NO5/c1-4-6-8-10-12-14-16-29-23(28)24(30-17-15-13-11-9-7-5-2)21(19-26)18-25-20(3)22(24)27/h18,22-23,26-28H,4-17,19H2,1-3H3. The molecule has 176 valence electrons. The second kappa shape index (κ2) is 15.9. The average Bonchev–Trinajstić information content (AvgIpc) is 2.75. The number of nitrogens with zero attached hydrogens (tertiary/aromatic N) is 1. The van der Waals surface area contributed by atoms with Crippen LogP contribution in [0.1, 0.15) is 97.8 Å². The van der Waals surface area contributed by atoms with Crippen molar-refractivity contribution in [2.75, 3.05) is 19.8 Å². The molecule has 0 radical (unpaired) electrons. The zero-order valence-electron chi connectivity index (χ0n) is 19.4. The molecule has 0 aliphatic carbocycles. The third-order valence-electron chi connectivity index (χ3n) is 5.88. The summed E-state index contributed by atoms with van der Waals surface area (Å²) in [6.07, 6.45) is 12.3. The number of hydrogen-bond acceptors (Lipinski definition) is 6. The third-order valence-corrected chi connectivity index (χ3v) is 5.88. The molecule has 0 spiro atoms. The molecule has 0 aromatic carbocycles. The lowest BCUT2D eigenvalue weighted by molar-refractivity contribution is -0.241. The molecule has 0 fully saturated rings. The molecule has 0 aromatic heterocycles. The van der Waals surface area contributed by atoms with Crippen molar-refractivity contribution in [1.29, 1.82) is 0 Å². The Morgan fingerprint density at radius 2 is 1.47 bits per heavy atom. The predicted octanol–water partition coefficient (Wildman–Crippen LogP) is 4.51. The van der Waals surface area contributed by atoms with Gasteiger partial charge in [-0.05, 0) is 19.8 Å². The van der Waals surface area contributed by atoms with E-state index >= 15 is 0 Å². The first-order chi connectivity index (χ1) is 14.5. The van der Waals surface area contributed by atoms with Crippen LogP contribution in [0.25, 0.3) is 0 Å². The quantitative estimate of drug-likeness (QED) is 0.221. The summed E-state index contributed by atoms with van der Waals surface area (Å²) in [6.45, 7) is 6.48. The van der Waals surface area contributed by atoms with Crippen molar-refractivity contribution in [2.45, 2.75) is 116 Å². The fraction of sp³-hybridized carbons (Fsp3) is 0.875. The molecule has 6 nitrogen and oxygen atoms in total. The van der Waals surface area contributed by atoms with Crippen LogP contribution in [0.5, 0.6) is 0 Å². The molecule has 1 aliphatic heterocycles. The Balaban J connectivity index is 2.66. The van der Waals surface area contributed by atoms with Gasteiger partial charge in [-0.2, -0.15) is 0 Å². The van der Waals surface area contributed by atoms with Gasteiger partial charge in [0.05, 0.1) is 6.61 Å². The van der Waals surface area contributed by atoms with Gasteiger partial charge < -0.3 is 24.8 Å². The predicted molar refractivity (Wildman–Crippen MR) is 122 cm³/mol. The fourth-order valence-electron chi connectivity index (χ4n) is 3.86. The highest BCUT2D eigenvalue weighted by Gasteiger charge is 2.52. The summed E-state index contributed by atoms with van der Waals surface area (Å²) in [7, 11) is 0. The van der Waals surface area contributed by atoms with E-state index in [0.717, 1.165) is 38.5 Å². The normalized spacial score (nSPS) is 22.7. The highest BCUT2D eigenvalue weighted by Crippen LogP contribution is 2.35. The molecule has 0 bridgehead atoms. The Bertz CT molecular complexity index is 508. The summed E-state index contributed by atoms with van der Waals surface area (Å²) < 4.78 is 11.8. The molecule has 1 rings (SSSR count). The summed E-state index contributed by atoms with van der Waals surface area (Å²) in [5, 5.41) is 31.7. The molecule has 3 atom stereocenters. The van der Waals surface area contributed by atoms with Gasteiger partial charge in [0.2, 0.25) is 0 Å². The van der Waals surface area contributed by atoms with Crippen LogP contribution in [0.15, 0.2) is 16.8 Å². The molecular weight excluding hydrogens is 382 g/mol. The maximum absolute atomic E-state index is 10.9. The minimum absolute atomic E-state index is 0.349. The average molecular weight is 428 g/mol. The first-order valence-electron chi connectivity index (χ1n) is 12.0. The van der Waals surface area contributed by atoms with E-state index in [2.05, 4.69) is 18.8 Å². The van der Waals surface area contributed by atoms with E-state index in [1.54, 1.807) is 6.92 Å². The Morgan fingerprint density at radius 1 is 0.933 bits per heavy atom. The number of aliphatic imine (C=N–C) groups is 1. The Labute approximate surface area is 183 Å². The zero-order chi connectivity index (χ0) is 22.2. The molecule has 0 saturated heterocycles. The van der Waals surface area contributed by atoms with Gasteiger partial charge in [-0.3, -0.25) is 4.99 Å². The monoisotopic (exact) mass is 427 g/mol. The van der Waals surface area contributed by atoms with Gasteiger partial charge in [0.1, 0.15) is 6.10 Å². The zero-order valence-corrected chi connectivity index (χ0v) is 19.4. The lowest BCUT2D eigenvalue weighted by Crippen LogP contribution is -2.61. The molecule has 1 aliphatic rings. The highest BCUT2D eigenvalue weighted by atomic mass is 16.6. The van der Waals surface area contributed by atoms with Gasteiger partial charge in [0.25, 0.3) is 0 Å². The lowest BCUT2D eigenvalue weighted by Gasteiger charge is -2.43. The van der Waals surface area contributed by atoms with Crippen LogP contribution < -0.4 is 0 Å². The largest absolute Gasteiger partial charge is 0.392 e. The van der Waals surface area contributed by atoms with Crippen molar-refractivity contribution in [3.05, 3.63) is 11.8 Å². The Kier molecular flexibility index (Phi) is 14.5. The number of rotatable bonds is 18. The smallest absolute Gasteiger partial charge is 0.191 e. The Hall–Kier alpha value is -0.790. The third kappa shape index (κ3) is 8.39. The summed E-state index contributed by atoms with van der Waals surface area (Å²) in [5.74, 6) is 0. The number of ether oxygens (including phenoxy) is 2. The maximum atomic E-state index is 10.9. The molecule has 30 heavy (non-hydrogen) atoms. The minimum Gasteiger partial charge on any atom is -0.392 e. The van der Waals surface area contributed by atoms with Crippen molar-refractivity contribution in [3.63, 3.8) is 0 Å². The van der Waals surface area contributed by atoms with Crippen LogP contribution in [0, 0.1) is 0 Å². The second-order valence-electron chi connectivity index (χ2n) is 8.39. The summed E-state index contributed by atoms with van der Waals surface area (Å²) >= 11 is 0. The van der Waals surface area contributed by atoms with Crippen LogP contribution in [0.4, 0.5) is 0 Å². The van der Waals surface area contributed by atoms with Gasteiger partial charge >= 0.3 is 0 Å². The first-order valence-corrected chi connectivity index (χ1v) is 12.0. The van der Waals surface area contributed by atoms with Gasteiger partial charge in [-0.1, -0.05) is 78.1 Å². The maximum Gasteiger partial charge on any atom is 0.191 e. The Morgan fingerprint density at radius 3 is 2.03 bits per heavy atom. The number of aliphatic hydroxyl groups excluding tert-OH is 3. The number of unbranched alkanes of at least 4 members (excludes halogenated alkanes) is 10. The van der Waals surface area contributed by atoms with Crippen LogP contribution in [0.2, 0.25) is 0 Å². The minimum atomic E-state index is -1.51. The molecule has 3 N–H and O–H groups in total.